The molecule has 0 saturated heterocycles. The van der Waals surface area contributed by atoms with Gasteiger partial charge in [0.15, 0.2) is 0 Å². The maximum atomic E-state index is 11.9. The molecule has 2 rings (SSSR count). The first kappa shape index (κ1) is 14.9. The smallest absolute Gasteiger partial charge is 0.340 e. The van der Waals surface area contributed by atoms with Gasteiger partial charge in [0.2, 0.25) is 0 Å². The molecule has 0 unspecified atom stereocenters. The van der Waals surface area contributed by atoms with E-state index in [0.717, 1.165) is 0 Å². The predicted molar refractivity (Wildman–Crippen MR) is 77.4 cm³/mol. The summed E-state index contributed by atoms with van der Waals surface area (Å²) in [6.45, 7) is 1.59. The van der Waals surface area contributed by atoms with E-state index in [1.54, 1.807) is 25.1 Å². The first-order valence-electron chi connectivity index (χ1n) is 5.95. The standard InChI is InChI=1S/C14H11ClN2O4/c1-8-13(14(18)21-2)10(7-12(15)16-8)9-5-3-4-6-11(9)17(19)20/h3-7H,1-2H3. The molecule has 0 aliphatic heterocycles. The third kappa shape index (κ3) is 2.85. The topological polar surface area (TPSA) is 82.3 Å². The minimum atomic E-state index is -0.621. The molecule has 6 nitrogen and oxygen atoms in total. The second-order valence-corrected chi connectivity index (χ2v) is 4.61. The minimum absolute atomic E-state index is 0.121. The Morgan fingerprint density at radius 3 is 2.62 bits per heavy atom. The lowest BCUT2D eigenvalue weighted by Gasteiger charge is -2.11. The van der Waals surface area contributed by atoms with Gasteiger partial charge in [0.05, 0.1) is 28.9 Å². The number of para-hydroxylation sites is 1. The van der Waals surface area contributed by atoms with Crippen LogP contribution >= 0.6 is 11.6 Å². The second-order valence-electron chi connectivity index (χ2n) is 4.22. The fourth-order valence-corrected chi connectivity index (χ4v) is 2.30. The summed E-state index contributed by atoms with van der Waals surface area (Å²) in [7, 11) is 1.24. The van der Waals surface area contributed by atoms with Crippen LogP contribution in [0.3, 0.4) is 0 Å². The number of rotatable bonds is 3. The van der Waals surface area contributed by atoms with Crippen molar-refractivity contribution in [3.63, 3.8) is 0 Å². The number of benzene rings is 1. The molecular formula is C14H11ClN2O4. The monoisotopic (exact) mass is 306 g/mol. The molecule has 21 heavy (non-hydrogen) atoms. The predicted octanol–water partition coefficient (Wildman–Crippen LogP) is 3.41. The summed E-state index contributed by atoms with van der Waals surface area (Å²) in [6.07, 6.45) is 0. The number of methoxy groups -OCH3 is 1. The number of nitro benzene ring substituents is 1. The zero-order valence-electron chi connectivity index (χ0n) is 11.3. The maximum absolute atomic E-state index is 11.9. The van der Waals surface area contributed by atoms with Crippen molar-refractivity contribution in [1.82, 2.24) is 4.98 Å². The summed E-state index contributed by atoms with van der Waals surface area (Å²) in [5, 5.41) is 11.3. The van der Waals surface area contributed by atoms with Crippen molar-refractivity contribution < 1.29 is 14.5 Å². The van der Waals surface area contributed by atoms with Crippen LogP contribution < -0.4 is 0 Å². The van der Waals surface area contributed by atoms with Crippen molar-refractivity contribution in [2.75, 3.05) is 7.11 Å². The van der Waals surface area contributed by atoms with Gasteiger partial charge in [0.25, 0.3) is 5.69 Å². The minimum Gasteiger partial charge on any atom is -0.465 e. The highest BCUT2D eigenvalue weighted by Crippen LogP contribution is 2.34. The Kier molecular flexibility index (Phi) is 4.18. The van der Waals surface area contributed by atoms with E-state index in [1.165, 1.54) is 19.2 Å². The van der Waals surface area contributed by atoms with Crippen molar-refractivity contribution in [3.8, 4) is 11.1 Å². The van der Waals surface area contributed by atoms with Crippen LogP contribution in [0.1, 0.15) is 16.1 Å². The SMILES string of the molecule is COC(=O)c1c(-c2ccccc2[N+](=O)[O-])cc(Cl)nc1C. The molecule has 2 aromatic rings. The van der Waals surface area contributed by atoms with Crippen LogP contribution in [0.2, 0.25) is 5.15 Å². The number of aromatic nitrogens is 1. The molecule has 0 fully saturated rings. The number of esters is 1. The summed E-state index contributed by atoms with van der Waals surface area (Å²) < 4.78 is 4.73. The van der Waals surface area contributed by atoms with Crippen LogP contribution in [0.4, 0.5) is 5.69 Å². The van der Waals surface area contributed by atoms with Gasteiger partial charge < -0.3 is 4.74 Å². The number of hydrogen-bond acceptors (Lipinski definition) is 5. The average molecular weight is 307 g/mol. The summed E-state index contributed by atoms with van der Waals surface area (Å²) >= 11 is 5.92. The Morgan fingerprint density at radius 2 is 2.00 bits per heavy atom. The number of hydrogen-bond donors (Lipinski definition) is 0. The van der Waals surface area contributed by atoms with Gasteiger partial charge in [0.1, 0.15) is 5.15 Å². The van der Waals surface area contributed by atoms with Crippen LogP contribution in [0, 0.1) is 17.0 Å². The summed E-state index contributed by atoms with van der Waals surface area (Å²) in [6, 6.07) is 7.53. The van der Waals surface area contributed by atoms with E-state index in [4.69, 9.17) is 16.3 Å². The number of nitrogens with zero attached hydrogens (tertiary/aromatic N) is 2. The van der Waals surface area contributed by atoms with Gasteiger partial charge in [0, 0.05) is 11.6 Å². The fourth-order valence-electron chi connectivity index (χ4n) is 2.07. The second kappa shape index (κ2) is 5.88. The van der Waals surface area contributed by atoms with Crippen molar-refractivity contribution in [3.05, 3.63) is 56.9 Å². The van der Waals surface area contributed by atoms with Gasteiger partial charge in [-0.25, -0.2) is 9.78 Å². The molecule has 0 saturated carbocycles. The van der Waals surface area contributed by atoms with Crippen LogP contribution in [0.25, 0.3) is 11.1 Å². The van der Waals surface area contributed by atoms with E-state index in [-0.39, 0.29) is 22.0 Å². The Labute approximate surface area is 125 Å². The van der Waals surface area contributed by atoms with E-state index in [0.29, 0.717) is 11.3 Å². The van der Waals surface area contributed by atoms with E-state index in [9.17, 15) is 14.9 Å². The lowest BCUT2D eigenvalue weighted by atomic mass is 9.98. The molecule has 0 N–H and O–H groups in total. The molecule has 0 radical (unpaired) electrons. The van der Waals surface area contributed by atoms with Crippen LogP contribution in [-0.2, 0) is 4.74 Å². The Bertz CT molecular complexity index is 731. The highest BCUT2D eigenvalue weighted by Gasteiger charge is 2.23. The van der Waals surface area contributed by atoms with Gasteiger partial charge in [-0.1, -0.05) is 23.7 Å². The highest BCUT2D eigenvalue weighted by atomic mass is 35.5. The molecule has 0 atom stereocenters. The lowest BCUT2D eigenvalue weighted by Crippen LogP contribution is -2.08. The number of carbonyl (C=O) groups excluding carboxylic acids is 1. The van der Waals surface area contributed by atoms with Gasteiger partial charge in [-0.3, -0.25) is 10.1 Å². The number of ether oxygens (including phenoxy) is 1. The number of halogens is 1. The van der Waals surface area contributed by atoms with Crippen LogP contribution in [0.15, 0.2) is 30.3 Å². The molecule has 0 aliphatic rings. The molecule has 1 aromatic heterocycles. The maximum Gasteiger partial charge on any atom is 0.340 e. The Hall–Kier alpha value is -2.47. The van der Waals surface area contributed by atoms with E-state index in [2.05, 4.69) is 4.98 Å². The van der Waals surface area contributed by atoms with Crippen LogP contribution in [-0.4, -0.2) is 23.0 Å². The van der Waals surface area contributed by atoms with Crippen molar-refractivity contribution >= 4 is 23.3 Å². The number of aryl methyl sites for hydroxylation is 1. The highest BCUT2D eigenvalue weighted by molar-refractivity contribution is 6.30. The number of carbonyl (C=O) groups is 1. The third-order valence-corrected chi connectivity index (χ3v) is 3.14. The molecule has 0 amide bonds. The van der Waals surface area contributed by atoms with Gasteiger partial charge in [-0.05, 0) is 19.1 Å². The van der Waals surface area contributed by atoms with E-state index >= 15 is 0 Å². The molecule has 0 spiro atoms. The van der Waals surface area contributed by atoms with Crippen LogP contribution in [0.5, 0.6) is 0 Å². The normalized spacial score (nSPS) is 10.2. The zero-order valence-corrected chi connectivity index (χ0v) is 12.0. The van der Waals surface area contributed by atoms with Gasteiger partial charge >= 0.3 is 5.97 Å². The third-order valence-electron chi connectivity index (χ3n) is 2.95. The summed E-state index contributed by atoms with van der Waals surface area (Å²) in [5.74, 6) is -0.621. The molecule has 0 aliphatic carbocycles. The molecule has 7 heteroatoms. The fraction of sp³-hybridized carbons (Fsp3) is 0.143. The molecule has 1 heterocycles. The zero-order chi connectivity index (χ0) is 15.6. The molecule has 108 valence electrons. The van der Waals surface area contributed by atoms with Crippen molar-refractivity contribution in [1.29, 1.82) is 0 Å². The van der Waals surface area contributed by atoms with Gasteiger partial charge in [-0.15, -0.1) is 0 Å². The first-order chi connectivity index (χ1) is 9.95. The van der Waals surface area contributed by atoms with E-state index in [1.807, 2.05) is 0 Å². The van der Waals surface area contributed by atoms with E-state index < -0.39 is 10.9 Å². The molecular weight excluding hydrogens is 296 g/mol. The lowest BCUT2D eigenvalue weighted by molar-refractivity contribution is -0.384. The van der Waals surface area contributed by atoms with Crippen molar-refractivity contribution in [2.24, 2.45) is 0 Å². The molecule has 0 bridgehead atoms. The molecule has 1 aromatic carbocycles. The largest absolute Gasteiger partial charge is 0.465 e. The summed E-state index contributed by atoms with van der Waals surface area (Å²) in [4.78, 5) is 26.6. The Morgan fingerprint density at radius 1 is 1.33 bits per heavy atom. The quantitative estimate of drug-likeness (QED) is 0.375. The summed E-state index contributed by atoms with van der Waals surface area (Å²) in [5.41, 5.74) is 1.00. The first-order valence-corrected chi connectivity index (χ1v) is 6.32. The van der Waals surface area contributed by atoms with Gasteiger partial charge in [-0.2, -0.15) is 0 Å². The number of pyridine rings is 1. The van der Waals surface area contributed by atoms with Crippen molar-refractivity contribution in [2.45, 2.75) is 6.92 Å². The Balaban J connectivity index is 2.80. The average Bonchev–Trinajstić information content (AvgIpc) is 2.45. The number of nitro groups is 1.